The second-order valence-corrected chi connectivity index (χ2v) is 5.73. The largest absolute Gasteiger partial charge is 0.310 e. The minimum atomic E-state index is -0.569. The quantitative estimate of drug-likeness (QED) is 0.813. The van der Waals surface area contributed by atoms with Crippen LogP contribution in [0, 0.1) is 17.5 Å². The minimum absolute atomic E-state index is 0.0142. The second kappa shape index (κ2) is 7.09. The Kier molecular flexibility index (Phi) is 5.42. The van der Waals surface area contributed by atoms with E-state index in [2.05, 4.69) is 21.2 Å². The van der Waals surface area contributed by atoms with Crippen molar-refractivity contribution in [3.63, 3.8) is 0 Å². The van der Waals surface area contributed by atoms with Gasteiger partial charge in [-0.15, -0.1) is 0 Å². The maximum Gasteiger partial charge on any atom is 0.137 e. The maximum absolute atomic E-state index is 13.2. The highest BCUT2D eigenvalue weighted by atomic mass is 79.9. The highest BCUT2D eigenvalue weighted by molar-refractivity contribution is 9.10. The monoisotopic (exact) mass is 357 g/mol. The molecule has 0 spiro atoms. The number of hydrogen-bond acceptors (Lipinski definition) is 1. The Balaban J connectivity index is 1.91. The molecule has 0 aliphatic heterocycles. The Morgan fingerprint density at radius 2 is 1.71 bits per heavy atom. The highest BCUT2D eigenvalue weighted by Gasteiger charge is 2.08. The number of nitrogens with one attached hydrogen (secondary N) is 1. The van der Waals surface area contributed by atoms with E-state index in [9.17, 15) is 13.2 Å². The molecule has 0 saturated carbocycles. The van der Waals surface area contributed by atoms with Crippen LogP contribution >= 0.6 is 15.9 Å². The summed E-state index contributed by atoms with van der Waals surface area (Å²) >= 11 is 3.15. The molecule has 1 unspecified atom stereocenters. The molecule has 0 saturated heterocycles. The van der Waals surface area contributed by atoms with E-state index in [-0.39, 0.29) is 11.9 Å². The van der Waals surface area contributed by atoms with Gasteiger partial charge in [0.2, 0.25) is 0 Å². The molecule has 0 radical (unpaired) electrons. The van der Waals surface area contributed by atoms with Crippen LogP contribution in [-0.2, 0) is 6.42 Å². The van der Waals surface area contributed by atoms with E-state index >= 15 is 0 Å². The molecule has 112 valence electrons. The van der Waals surface area contributed by atoms with Gasteiger partial charge in [0.05, 0.1) is 4.47 Å². The van der Waals surface area contributed by atoms with Gasteiger partial charge in [0.25, 0.3) is 0 Å². The summed E-state index contributed by atoms with van der Waals surface area (Å²) in [5.74, 6) is -1.44. The van der Waals surface area contributed by atoms with E-state index in [0.717, 1.165) is 11.6 Å². The third-order valence-electron chi connectivity index (χ3n) is 3.23. The predicted molar refractivity (Wildman–Crippen MR) is 80.6 cm³/mol. The van der Waals surface area contributed by atoms with E-state index < -0.39 is 11.6 Å². The predicted octanol–water partition coefficient (Wildman–Crippen LogP) is 4.76. The van der Waals surface area contributed by atoms with Gasteiger partial charge in [0.15, 0.2) is 0 Å². The Morgan fingerprint density at radius 3 is 2.33 bits per heavy atom. The fourth-order valence-electron chi connectivity index (χ4n) is 2.09. The smallest absolute Gasteiger partial charge is 0.137 e. The number of rotatable bonds is 5. The third-order valence-corrected chi connectivity index (χ3v) is 3.84. The fourth-order valence-corrected chi connectivity index (χ4v) is 2.48. The van der Waals surface area contributed by atoms with Crippen molar-refractivity contribution in [3.05, 3.63) is 69.4 Å². The van der Waals surface area contributed by atoms with Gasteiger partial charge in [-0.1, -0.05) is 6.07 Å². The molecule has 0 heterocycles. The van der Waals surface area contributed by atoms with Crippen LogP contribution in [0.25, 0.3) is 0 Å². The normalized spacial score (nSPS) is 12.4. The first-order valence-corrected chi connectivity index (χ1v) is 7.38. The van der Waals surface area contributed by atoms with Crippen LogP contribution in [0.15, 0.2) is 40.9 Å². The molecule has 0 amide bonds. The molecular weight excluding hydrogens is 343 g/mol. The summed E-state index contributed by atoms with van der Waals surface area (Å²) in [5.41, 5.74) is 1.54. The van der Waals surface area contributed by atoms with Crippen molar-refractivity contribution < 1.29 is 13.2 Å². The maximum atomic E-state index is 13.2. The van der Waals surface area contributed by atoms with Gasteiger partial charge in [0, 0.05) is 12.1 Å². The zero-order chi connectivity index (χ0) is 15.4. The van der Waals surface area contributed by atoms with Crippen LogP contribution in [0.5, 0.6) is 0 Å². The molecule has 0 aliphatic rings. The Hall–Kier alpha value is -1.33. The third kappa shape index (κ3) is 4.58. The molecule has 2 aromatic rings. The molecule has 21 heavy (non-hydrogen) atoms. The molecule has 1 N–H and O–H groups in total. The standard InChI is InChI=1S/C16H15BrF3N/c1-10(12-2-3-16(20)15(17)8-12)21-5-4-11-6-13(18)9-14(19)7-11/h2-3,6-10,21H,4-5H2,1H3. The summed E-state index contributed by atoms with van der Waals surface area (Å²) in [4.78, 5) is 0. The van der Waals surface area contributed by atoms with Crippen LogP contribution in [0.2, 0.25) is 0 Å². The summed E-state index contributed by atoms with van der Waals surface area (Å²) in [7, 11) is 0. The van der Waals surface area contributed by atoms with Crippen LogP contribution in [0.3, 0.4) is 0 Å². The van der Waals surface area contributed by atoms with Crippen molar-refractivity contribution in [1.29, 1.82) is 0 Å². The average Bonchev–Trinajstić information content (AvgIpc) is 2.40. The van der Waals surface area contributed by atoms with Gasteiger partial charge in [0.1, 0.15) is 17.5 Å². The van der Waals surface area contributed by atoms with Gasteiger partial charge in [-0.3, -0.25) is 0 Å². The van der Waals surface area contributed by atoms with Crippen LogP contribution in [0.1, 0.15) is 24.1 Å². The molecule has 0 aliphatic carbocycles. The number of benzene rings is 2. The molecule has 0 aromatic heterocycles. The van der Waals surface area contributed by atoms with E-state index in [1.807, 2.05) is 6.92 Å². The molecule has 5 heteroatoms. The number of halogens is 4. The summed E-state index contributed by atoms with van der Waals surface area (Å²) < 4.78 is 39.7. The summed E-state index contributed by atoms with van der Waals surface area (Å²) in [6, 6.07) is 8.34. The van der Waals surface area contributed by atoms with Gasteiger partial charge in [-0.2, -0.15) is 0 Å². The summed E-state index contributed by atoms with van der Waals surface area (Å²) in [6.45, 7) is 2.52. The van der Waals surface area contributed by atoms with Gasteiger partial charge in [-0.05, 0) is 71.2 Å². The van der Waals surface area contributed by atoms with Crippen LogP contribution in [-0.4, -0.2) is 6.54 Å². The molecule has 1 nitrogen and oxygen atoms in total. The van der Waals surface area contributed by atoms with Crippen LogP contribution < -0.4 is 5.32 Å². The Bertz CT molecular complexity index is 611. The molecule has 0 fully saturated rings. The van der Waals surface area contributed by atoms with Crippen molar-refractivity contribution in [2.24, 2.45) is 0 Å². The lowest BCUT2D eigenvalue weighted by Crippen LogP contribution is -2.21. The Morgan fingerprint density at radius 1 is 1.05 bits per heavy atom. The van der Waals surface area contributed by atoms with E-state index in [4.69, 9.17) is 0 Å². The summed E-state index contributed by atoms with van der Waals surface area (Å²) in [5, 5.41) is 3.24. The van der Waals surface area contributed by atoms with Crippen molar-refractivity contribution in [3.8, 4) is 0 Å². The SMILES string of the molecule is CC(NCCc1cc(F)cc(F)c1)c1ccc(F)c(Br)c1. The Labute approximate surface area is 130 Å². The van der Waals surface area contributed by atoms with Gasteiger partial charge < -0.3 is 5.32 Å². The number of hydrogen-bond donors (Lipinski definition) is 1. The van der Waals surface area contributed by atoms with Crippen molar-refractivity contribution in [1.82, 2.24) is 5.32 Å². The van der Waals surface area contributed by atoms with Gasteiger partial charge in [-0.25, -0.2) is 13.2 Å². The van der Waals surface area contributed by atoms with Gasteiger partial charge >= 0.3 is 0 Å². The lowest BCUT2D eigenvalue weighted by molar-refractivity contribution is 0.561. The first-order chi connectivity index (χ1) is 9.95. The molecule has 1 atom stereocenters. The zero-order valence-electron chi connectivity index (χ0n) is 11.5. The van der Waals surface area contributed by atoms with E-state index in [1.165, 1.54) is 18.2 Å². The average molecular weight is 358 g/mol. The van der Waals surface area contributed by atoms with Crippen molar-refractivity contribution >= 4 is 15.9 Å². The van der Waals surface area contributed by atoms with Crippen LogP contribution in [0.4, 0.5) is 13.2 Å². The van der Waals surface area contributed by atoms with E-state index in [1.54, 1.807) is 12.1 Å². The molecular formula is C16H15BrF3N. The topological polar surface area (TPSA) is 12.0 Å². The minimum Gasteiger partial charge on any atom is -0.310 e. The lowest BCUT2D eigenvalue weighted by Gasteiger charge is -2.15. The lowest BCUT2D eigenvalue weighted by atomic mass is 10.1. The highest BCUT2D eigenvalue weighted by Crippen LogP contribution is 2.21. The first-order valence-electron chi connectivity index (χ1n) is 6.59. The van der Waals surface area contributed by atoms with Crippen molar-refractivity contribution in [2.45, 2.75) is 19.4 Å². The second-order valence-electron chi connectivity index (χ2n) is 4.88. The molecule has 2 aromatic carbocycles. The molecule has 0 bridgehead atoms. The zero-order valence-corrected chi connectivity index (χ0v) is 13.1. The van der Waals surface area contributed by atoms with E-state index in [0.29, 0.717) is 23.0 Å². The van der Waals surface area contributed by atoms with Crippen molar-refractivity contribution in [2.75, 3.05) is 6.54 Å². The molecule has 2 rings (SSSR count). The fraction of sp³-hybridized carbons (Fsp3) is 0.250. The first kappa shape index (κ1) is 16.0. The summed E-state index contributed by atoms with van der Waals surface area (Å²) in [6.07, 6.45) is 0.515.